The molecule has 3 rings (SSSR count). The maximum absolute atomic E-state index is 13.8. The maximum atomic E-state index is 13.8. The van der Waals surface area contributed by atoms with E-state index >= 15 is 0 Å². The Morgan fingerprint density at radius 2 is 1.90 bits per heavy atom. The summed E-state index contributed by atoms with van der Waals surface area (Å²) in [6, 6.07) is 3.44. The SMILES string of the molecule is Cc1cc(N2CCN(CC3CC3)CC2)c([C@H](C)N)cc1F. The van der Waals surface area contributed by atoms with Crippen LogP contribution in [0.25, 0.3) is 0 Å². The molecule has 4 heteroatoms. The van der Waals surface area contributed by atoms with E-state index in [0.29, 0.717) is 5.56 Å². The number of rotatable bonds is 4. The van der Waals surface area contributed by atoms with E-state index in [2.05, 4.69) is 9.80 Å². The number of nitrogens with two attached hydrogens (primary N) is 1. The molecule has 2 aliphatic rings. The molecule has 1 atom stereocenters. The van der Waals surface area contributed by atoms with Crippen molar-refractivity contribution in [2.75, 3.05) is 37.6 Å². The average molecular weight is 291 g/mol. The van der Waals surface area contributed by atoms with Gasteiger partial charge >= 0.3 is 0 Å². The van der Waals surface area contributed by atoms with Crippen molar-refractivity contribution in [2.45, 2.75) is 32.7 Å². The van der Waals surface area contributed by atoms with Crippen LogP contribution in [0.2, 0.25) is 0 Å². The first kappa shape index (κ1) is 14.8. The first-order valence-corrected chi connectivity index (χ1v) is 8.07. The van der Waals surface area contributed by atoms with Crippen molar-refractivity contribution in [3.05, 3.63) is 29.1 Å². The fourth-order valence-corrected chi connectivity index (χ4v) is 3.16. The molecule has 0 amide bonds. The quantitative estimate of drug-likeness (QED) is 0.926. The van der Waals surface area contributed by atoms with Crippen LogP contribution < -0.4 is 10.6 Å². The highest BCUT2D eigenvalue weighted by molar-refractivity contribution is 5.57. The molecule has 1 saturated carbocycles. The molecule has 1 aliphatic carbocycles. The van der Waals surface area contributed by atoms with Crippen molar-refractivity contribution in [2.24, 2.45) is 11.7 Å². The zero-order chi connectivity index (χ0) is 15.0. The number of hydrogen-bond acceptors (Lipinski definition) is 3. The van der Waals surface area contributed by atoms with Gasteiger partial charge in [0.2, 0.25) is 0 Å². The summed E-state index contributed by atoms with van der Waals surface area (Å²) in [5, 5.41) is 0. The second-order valence-corrected chi connectivity index (χ2v) is 6.68. The molecule has 1 saturated heterocycles. The van der Waals surface area contributed by atoms with Crippen LogP contribution in [0.4, 0.5) is 10.1 Å². The summed E-state index contributed by atoms with van der Waals surface area (Å²) in [5.74, 6) is 0.794. The Kier molecular flexibility index (Phi) is 4.18. The summed E-state index contributed by atoms with van der Waals surface area (Å²) < 4.78 is 13.8. The predicted molar refractivity (Wildman–Crippen MR) is 85.1 cm³/mol. The van der Waals surface area contributed by atoms with Crippen molar-refractivity contribution in [1.29, 1.82) is 0 Å². The Balaban J connectivity index is 1.73. The fraction of sp³-hybridized carbons (Fsp3) is 0.647. The minimum atomic E-state index is -0.154. The molecule has 1 aromatic rings. The van der Waals surface area contributed by atoms with Crippen LogP contribution in [0, 0.1) is 18.7 Å². The van der Waals surface area contributed by atoms with Crippen LogP contribution in [0.3, 0.4) is 0 Å². The molecule has 2 N–H and O–H groups in total. The highest BCUT2D eigenvalue weighted by atomic mass is 19.1. The zero-order valence-corrected chi connectivity index (χ0v) is 13.1. The fourth-order valence-electron chi connectivity index (χ4n) is 3.16. The van der Waals surface area contributed by atoms with Crippen molar-refractivity contribution >= 4 is 5.69 Å². The van der Waals surface area contributed by atoms with Crippen LogP contribution in [0.5, 0.6) is 0 Å². The van der Waals surface area contributed by atoms with Gasteiger partial charge in [0.1, 0.15) is 5.82 Å². The van der Waals surface area contributed by atoms with Gasteiger partial charge in [0.05, 0.1) is 0 Å². The molecular weight excluding hydrogens is 265 g/mol. The minimum Gasteiger partial charge on any atom is -0.369 e. The van der Waals surface area contributed by atoms with E-state index in [9.17, 15) is 4.39 Å². The highest BCUT2D eigenvalue weighted by Gasteiger charge is 2.27. The van der Waals surface area contributed by atoms with Gasteiger partial charge in [-0.3, -0.25) is 4.90 Å². The number of halogens is 1. The van der Waals surface area contributed by atoms with Gasteiger partial charge in [-0.05, 0) is 55.9 Å². The third-order valence-corrected chi connectivity index (χ3v) is 4.72. The largest absolute Gasteiger partial charge is 0.369 e. The Labute approximate surface area is 126 Å². The Morgan fingerprint density at radius 1 is 1.24 bits per heavy atom. The summed E-state index contributed by atoms with van der Waals surface area (Å²) >= 11 is 0. The molecule has 1 aliphatic heterocycles. The topological polar surface area (TPSA) is 32.5 Å². The molecule has 0 spiro atoms. The number of anilines is 1. The van der Waals surface area contributed by atoms with E-state index in [-0.39, 0.29) is 11.9 Å². The highest BCUT2D eigenvalue weighted by Crippen LogP contribution is 2.32. The normalized spacial score (nSPS) is 21.6. The second kappa shape index (κ2) is 5.93. The van der Waals surface area contributed by atoms with E-state index in [0.717, 1.165) is 43.3 Å². The smallest absolute Gasteiger partial charge is 0.126 e. The van der Waals surface area contributed by atoms with Crippen molar-refractivity contribution < 1.29 is 4.39 Å². The summed E-state index contributed by atoms with van der Waals surface area (Å²) in [6.45, 7) is 9.24. The van der Waals surface area contributed by atoms with Gasteiger partial charge in [0, 0.05) is 44.5 Å². The molecule has 0 radical (unpaired) electrons. The standard InChI is InChI=1S/C17H26FN3/c1-12-9-17(15(13(2)19)10-16(12)18)21-7-5-20(6-8-21)11-14-3-4-14/h9-10,13-14H,3-8,11,19H2,1-2H3/t13-/m0/s1. The lowest BCUT2D eigenvalue weighted by molar-refractivity contribution is 0.248. The number of piperazine rings is 1. The van der Waals surface area contributed by atoms with Crippen LogP contribution in [0.15, 0.2) is 12.1 Å². The lowest BCUT2D eigenvalue weighted by atomic mass is 10.0. The van der Waals surface area contributed by atoms with Gasteiger partial charge in [0.25, 0.3) is 0 Å². The Bertz CT molecular complexity index is 503. The van der Waals surface area contributed by atoms with Gasteiger partial charge < -0.3 is 10.6 Å². The van der Waals surface area contributed by atoms with Gasteiger partial charge in [-0.1, -0.05) is 0 Å². The van der Waals surface area contributed by atoms with Crippen LogP contribution in [-0.4, -0.2) is 37.6 Å². The van der Waals surface area contributed by atoms with Crippen molar-refractivity contribution in [3.63, 3.8) is 0 Å². The number of benzene rings is 1. The molecule has 1 heterocycles. The number of aryl methyl sites for hydroxylation is 1. The average Bonchev–Trinajstić information content (AvgIpc) is 3.26. The third-order valence-electron chi connectivity index (χ3n) is 4.72. The van der Waals surface area contributed by atoms with Crippen molar-refractivity contribution in [1.82, 2.24) is 4.90 Å². The van der Waals surface area contributed by atoms with E-state index in [4.69, 9.17) is 5.73 Å². The molecule has 116 valence electrons. The summed E-state index contributed by atoms with van der Waals surface area (Å²) in [5.41, 5.74) is 8.79. The van der Waals surface area contributed by atoms with Gasteiger partial charge in [-0.15, -0.1) is 0 Å². The monoisotopic (exact) mass is 291 g/mol. The molecule has 0 unspecified atom stereocenters. The second-order valence-electron chi connectivity index (χ2n) is 6.68. The lowest BCUT2D eigenvalue weighted by Gasteiger charge is -2.37. The molecule has 0 aromatic heterocycles. The molecule has 3 nitrogen and oxygen atoms in total. The van der Waals surface area contributed by atoms with Gasteiger partial charge in [-0.2, -0.15) is 0 Å². The summed E-state index contributed by atoms with van der Waals surface area (Å²) in [4.78, 5) is 4.94. The first-order chi connectivity index (χ1) is 10.0. The summed E-state index contributed by atoms with van der Waals surface area (Å²) in [6.07, 6.45) is 2.82. The molecule has 2 fully saturated rings. The minimum absolute atomic E-state index is 0.139. The van der Waals surface area contributed by atoms with E-state index < -0.39 is 0 Å². The molecular formula is C17H26FN3. The van der Waals surface area contributed by atoms with E-state index in [1.54, 1.807) is 6.07 Å². The van der Waals surface area contributed by atoms with Crippen LogP contribution in [-0.2, 0) is 0 Å². The van der Waals surface area contributed by atoms with E-state index in [1.807, 2.05) is 19.9 Å². The van der Waals surface area contributed by atoms with Crippen molar-refractivity contribution in [3.8, 4) is 0 Å². The third kappa shape index (κ3) is 3.38. The first-order valence-electron chi connectivity index (χ1n) is 8.07. The molecule has 1 aromatic carbocycles. The lowest BCUT2D eigenvalue weighted by Crippen LogP contribution is -2.47. The van der Waals surface area contributed by atoms with Gasteiger partial charge in [0.15, 0.2) is 0 Å². The van der Waals surface area contributed by atoms with Crippen LogP contribution >= 0.6 is 0 Å². The molecule has 21 heavy (non-hydrogen) atoms. The Morgan fingerprint density at radius 3 is 2.48 bits per heavy atom. The van der Waals surface area contributed by atoms with Gasteiger partial charge in [-0.25, -0.2) is 4.39 Å². The predicted octanol–water partition coefficient (Wildman–Crippen LogP) is 2.69. The Hall–Kier alpha value is -1.13. The van der Waals surface area contributed by atoms with E-state index in [1.165, 1.54) is 19.4 Å². The summed E-state index contributed by atoms with van der Waals surface area (Å²) in [7, 11) is 0. The number of nitrogens with zero attached hydrogens (tertiary/aromatic N) is 2. The zero-order valence-electron chi connectivity index (χ0n) is 13.1. The maximum Gasteiger partial charge on any atom is 0.126 e. The number of hydrogen-bond donors (Lipinski definition) is 1. The van der Waals surface area contributed by atoms with Crippen LogP contribution in [0.1, 0.15) is 36.9 Å². The molecule has 0 bridgehead atoms.